The zero-order chi connectivity index (χ0) is 53.4. The second-order valence-corrected chi connectivity index (χ2v) is 23.4. The maximum Gasteiger partial charge on any atom is 0.323 e. The molecular weight excluding hydrogens is 973 g/mol. The number of aromatic nitrogens is 5. The third-order valence-corrected chi connectivity index (χ3v) is 19.4. The molecule has 6 unspecified atom stereocenters. The number of pyridine rings is 3. The van der Waals surface area contributed by atoms with Gasteiger partial charge < -0.3 is 29.0 Å². The maximum absolute atomic E-state index is 7.65. The number of nitrogens with zero attached hydrogens (tertiary/aromatic N) is 7. The van der Waals surface area contributed by atoms with E-state index in [1.54, 1.807) is 14.2 Å². The molecule has 0 aliphatic carbocycles. The van der Waals surface area contributed by atoms with Crippen LogP contribution >= 0.6 is 0 Å². The van der Waals surface area contributed by atoms with E-state index in [-0.39, 0.29) is 30.2 Å². The molecule has 11 heterocycles. The fraction of sp³-hybridized carbons (Fsp3) is 0.523. The molecule has 78 heavy (non-hydrogen) atoms. The quantitative estimate of drug-likeness (QED) is 0.0826. The standard InChI is InChI=1S/C65H80N8O5/c1-8-40(9-2)43-18-24-69-57(31-43)62(48-19-25-67-55-16-13-46(74-6)34-52(48)55)78-65-70-60(76-63(58-32-44-22-28-72(58)37-41(44)10-3)49-20-26-66-54-15-12-39(5)30-51(49)54)36-61(71-65)77-64(59-33-45-23-29-73(59)38-42(45)11-4)50-21-27-68-56-17-14-47(75-7)35-53(50)56/h12-17,19-21,25-27,30,34-36,40-45,57-59,62-64,69H,8-11,18,22-24,28-29,31-33,37-38H2,1-7H3/t41-,42+,43?,44?,45?,57+,58-,59+,62?,63+,64-/m0/s1. The summed E-state index contributed by atoms with van der Waals surface area (Å²) in [5.74, 6) is 6.06. The summed E-state index contributed by atoms with van der Waals surface area (Å²) in [6.45, 7) is 16.6. The van der Waals surface area contributed by atoms with Gasteiger partial charge >= 0.3 is 6.01 Å². The summed E-state index contributed by atoms with van der Waals surface area (Å²) >= 11 is 0. The number of aryl methyl sites for hydroxylation is 1. The summed E-state index contributed by atoms with van der Waals surface area (Å²) in [5, 5.41) is 7.02. The van der Waals surface area contributed by atoms with Crippen molar-refractivity contribution in [2.45, 2.75) is 135 Å². The summed E-state index contributed by atoms with van der Waals surface area (Å²) < 4.78 is 34.5. The van der Waals surface area contributed by atoms with E-state index < -0.39 is 12.2 Å². The van der Waals surface area contributed by atoms with Crippen LogP contribution in [-0.2, 0) is 0 Å². The summed E-state index contributed by atoms with van der Waals surface area (Å²) in [4.78, 5) is 30.7. The molecule has 0 saturated carbocycles. The Kier molecular flexibility index (Phi) is 15.4. The van der Waals surface area contributed by atoms with Crippen LogP contribution < -0.4 is 29.0 Å². The van der Waals surface area contributed by atoms with Gasteiger partial charge in [-0.05, 0) is 167 Å². The predicted octanol–water partition coefficient (Wildman–Crippen LogP) is 12.9. The monoisotopic (exact) mass is 1050 g/mol. The SMILES string of the molecule is CCC(CC)C1CCN[C@@H](C(Oc2nc(O[C@H](c3ccnc4ccc(C)cc34)[C@@H]3CC4CCN3C[C@@H]4CC)cc(O[C@@H](c3ccnc4ccc(OC)cc34)[C@H]3CC4CCN3C[C@H]4CC)n2)c2ccnc3ccc(OC)cc23)C1. The van der Waals surface area contributed by atoms with Crippen LogP contribution in [0.25, 0.3) is 32.7 Å². The van der Waals surface area contributed by atoms with Crippen LogP contribution in [0.3, 0.4) is 0 Å². The molecule has 0 radical (unpaired) electrons. The van der Waals surface area contributed by atoms with Gasteiger partial charge in [0.15, 0.2) is 0 Å². The molecule has 4 aromatic heterocycles. The van der Waals surface area contributed by atoms with Crippen LogP contribution in [0.5, 0.6) is 29.3 Å². The average Bonchev–Trinajstić information content (AvgIpc) is 3.50. The van der Waals surface area contributed by atoms with E-state index in [9.17, 15) is 0 Å². The van der Waals surface area contributed by atoms with E-state index in [4.69, 9.17) is 48.6 Å². The lowest BCUT2D eigenvalue weighted by atomic mass is 9.72. The minimum Gasteiger partial charge on any atom is -0.497 e. The number of piperidine rings is 7. The molecule has 13 atom stereocenters. The van der Waals surface area contributed by atoms with Crippen LogP contribution in [0.4, 0.5) is 0 Å². The highest BCUT2D eigenvalue weighted by Crippen LogP contribution is 2.48. The molecule has 1 N–H and O–H groups in total. The van der Waals surface area contributed by atoms with E-state index in [1.807, 2.05) is 48.9 Å². The van der Waals surface area contributed by atoms with E-state index in [0.29, 0.717) is 47.3 Å². The number of fused-ring (bicyclic) bond motifs is 9. The van der Waals surface area contributed by atoms with Crippen LogP contribution in [0.15, 0.2) is 97.5 Å². The topological polar surface area (TPSA) is 129 Å². The van der Waals surface area contributed by atoms with Crippen molar-refractivity contribution in [3.8, 4) is 29.3 Å². The highest BCUT2D eigenvalue weighted by molar-refractivity contribution is 5.85. The normalized spacial score (nSPS) is 27.0. The molecule has 7 aliphatic rings. The van der Waals surface area contributed by atoms with Crippen LogP contribution in [-0.4, -0.2) is 99.8 Å². The van der Waals surface area contributed by atoms with Crippen molar-refractivity contribution in [3.05, 3.63) is 120 Å². The van der Waals surface area contributed by atoms with Gasteiger partial charge in [-0.2, -0.15) is 9.97 Å². The zero-order valence-electron chi connectivity index (χ0n) is 46.9. The van der Waals surface area contributed by atoms with Crippen molar-refractivity contribution in [1.29, 1.82) is 0 Å². The lowest BCUT2D eigenvalue weighted by molar-refractivity contribution is -0.0517. The Balaban J connectivity index is 1.02. The van der Waals surface area contributed by atoms with Crippen molar-refractivity contribution in [1.82, 2.24) is 40.0 Å². The summed E-state index contributed by atoms with van der Waals surface area (Å²) in [5.41, 5.74) is 7.05. The molecule has 13 heteroatoms. The Morgan fingerprint density at radius 1 is 0.564 bits per heavy atom. The molecule has 3 aromatic carbocycles. The molecule has 7 fully saturated rings. The highest BCUT2D eigenvalue weighted by atomic mass is 16.5. The smallest absolute Gasteiger partial charge is 0.323 e. The van der Waals surface area contributed by atoms with E-state index >= 15 is 0 Å². The molecular formula is C65H80N8O5. The Morgan fingerprint density at radius 2 is 1.06 bits per heavy atom. The first-order valence-corrected chi connectivity index (χ1v) is 29.5. The van der Waals surface area contributed by atoms with Gasteiger partial charge in [-0.25, -0.2) is 0 Å². The first kappa shape index (κ1) is 52.5. The Morgan fingerprint density at radius 3 is 1.54 bits per heavy atom. The van der Waals surface area contributed by atoms with Gasteiger partial charge in [0.25, 0.3) is 0 Å². The minimum atomic E-state index is -0.504. The van der Waals surface area contributed by atoms with Crippen LogP contribution in [0.1, 0.15) is 132 Å². The second kappa shape index (κ2) is 22.9. The largest absolute Gasteiger partial charge is 0.497 e. The van der Waals surface area contributed by atoms with Crippen molar-refractivity contribution < 1.29 is 23.7 Å². The maximum atomic E-state index is 7.65. The van der Waals surface area contributed by atoms with Gasteiger partial charge in [0.1, 0.15) is 29.8 Å². The van der Waals surface area contributed by atoms with Crippen molar-refractivity contribution >= 4 is 32.7 Å². The molecule has 7 aliphatic heterocycles. The lowest BCUT2D eigenvalue weighted by Crippen LogP contribution is -2.56. The van der Waals surface area contributed by atoms with Gasteiger partial charge in [0.05, 0.1) is 48.9 Å². The van der Waals surface area contributed by atoms with Crippen molar-refractivity contribution in [2.24, 2.45) is 35.5 Å². The number of nitrogens with one attached hydrogen (secondary N) is 1. The summed E-state index contributed by atoms with van der Waals surface area (Å²) in [7, 11) is 3.44. The van der Waals surface area contributed by atoms with Crippen LogP contribution in [0.2, 0.25) is 0 Å². The lowest BCUT2D eigenvalue weighted by Gasteiger charge is -2.52. The van der Waals surface area contributed by atoms with E-state index in [2.05, 4.69) is 98.3 Å². The number of hydrogen-bond acceptors (Lipinski definition) is 13. The third-order valence-electron chi connectivity index (χ3n) is 19.4. The van der Waals surface area contributed by atoms with Gasteiger partial charge in [-0.15, -0.1) is 0 Å². The number of hydrogen-bond donors (Lipinski definition) is 1. The molecule has 410 valence electrons. The first-order valence-electron chi connectivity index (χ1n) is 29.5. The first-order chi connectivity index (χ1) is 38.2. The number of rotatable bonds is 19. The average molecular weight is 1050 g/mol. The Hall–Kier alpha value is -6.15. The second-order valence-electron chi connectivity index (χ2n) is 23.4. The van der Waals surface area contributed by atoms with E-state index in [1.165, 1.54) is 31.2 Å². The third kappa shape index (κ3) is 10.4. The van der Waals surface area contributed by atoms with Gasteiger partial charge in [0, 0.05) is 70.6 Å². The molecule has 13 nitrogen and oxygen atoms in total. The van der Waals surface area contributed by atoms with Crippen molar-refractivity contribution in [3.63, 3.8) is 0 Å². The molecule has 0 amide bonds. The minimum absolute atomic E-state index is 0.0574. The Labute approximate surface area is 461 Å². The molecule has 14 rings (SSSR count). The zero-order valence-corrected chi connectivity index (χ0v) is 46.9. The molecule has 7 saturated heterocycles. The number of benzene rings is 3. The fourth-order valence-electron chi connectivity index (χ4n) is 15.1. The summed E-state index contributed by atoms with van der Waals surface area (Å²) in [6, 6.07) is 27.5. The summed E-state index contributed by atoms with van der Waals surface area (Å²) in [6.07, 6.45) is 15.6. The van der Waals surface area contributed by atoms with Gasteiger partial charge in [-0.1, -0.05) is 65.0 Å². The highest BCUT2D eigenvalue weighted by Gasteiger charge is 2.47. The van der Waals surface area contributed by atoms with Gasteiger partial charge in [-0.3, -0.25) is 24.8 Å². The van der Waals surface area contributed by atoms with Gasteiger partial charge in [0.2, 0.25) is 11.8 Å². The number of methoxy groups -OCH3 is 2. The predicted molar refractivity (Wildman–Crippen MR) is 308 cm³/mol. The molecule has 7 aromatic rings. The fourth-order valence-corrected chi connectivity index (χ4v) is 15.1. The van der Waals surface area contributed by atoms with E-state index in [0.717, 1.165) is 132 Å². The van der Waals surface area contributed by atoms with Crippen molar-refractivity contribution in [2.75, 3.05) is 46.9 Å². The number of ether oxygens (including phenoxy) is 5. The Bertz CT molecular complexity index is 3230. The molecule has 4 bridgehead atoms. The van der Waals surface area contributed by atoms with Crippen LogP contribution in [0, 0.1) is 42.4 Å². The molecule has 0 spiro atoms.